The van der Waals surface area contributed by atoms with Gasteiger partial charge in [-0.1, -0.05) is 0 Å². The minimum atomic E-state index is -1.03. The standard InChI is InChI=1S/C13H16N2O2.C11H12N2O3/c1-9(16)14-6-5-10-8-15-13-4-3-11(17-2)7-12(10)13;12-9(11(15)16)3-6-5-13-10-2-1-7(14)4-8(6)10/h3-4,7-8,15H,5-6H2,1-2H3,(H,14,16);1-2,4-5,9,13-14H,3,12H2,(H,15,16)/t;9-/m.0/s1. The van der Waals surface area contributed by atoms with Crippen molar-refractivity contribution in [2.24, 2.45) is 5.73 Å². The fraction of sp³-hybridized carbons (Fsp3) is 0.250. The fourth-order valence-electron chi connectivity index (χ4n) is 3.52. The highest BCUT2D eigenvalue weighted by Crippen LogP contribution is 2.24. The lowest BCUT2D eigenvalue weighted by atomic mass is 10.1. The molecule has 4 rings (SSSR count). The number of aliphatic carboxylic acids is 1. The third-order valence-electron chi connectivity index (χ3n) is 5.25. The number of carbonyl (C=O) groups is 2. The zero-order chi connectivity index (χ0) is 24.0. The molecule has 0 fully saturated rings. The summed E-state index contributed by atoms with van der Waals surface area (Å²) in [5, 5.41) is 22.8. The predicted molar refractivity (Wildman–Crippen MR) is 127 cm³/mol. The quantitative estimate of drug-likeness (QED) is 0.253. The first-order valence-electron chi connectivity index (χ1n) is 10.4. The number of carboxylic acids is 1. The van der Waals surface area contributed by atoms with Gasteiger partial charge in [-0.25, -0.2) is 0 Å². The Labute approximate surface area is 190 Å². The highest BCUT2D eigenvalue weighted by atomic mass is 16.5. The molecule has 174 valence electrons. The Balaban J connectivity index is 0.000000186. The average Bonchev–Trinajstić information content (AvgIpc) is 3.37. The summed E-state index contributed by atoms with van der Waals surface area (Å²) in [7, 11) is 1.66. The van der Waals surface area contributed by atoms with Crippen LogP contribution in [0.15, 0.2) is 48.8 Å². The Bertz CT molecular complexity index is 1260. The Hall–Kier alpha value is -3.98. The molecule has 0 aliphatic heterocycles. The van der Waals surface area contributed by atoms with E-state index in [4.69, 9.17) is 15.6 Å². The molecule has 0 aliphatic rings. The molecule has 9 heteroatoms. The molecule has 2 aromatic heterocycles. The van der Waals surface area contributed by atoms with Gasteiger partial charge in [-0.05, 0) is 53.9 Å². The molecule has 2 aromatic carbocycles. The number of amides is 1. The van der Waals surface area contributed by atoms with Gasteiger partial charge in [0.25, 0.3) is 0 Å². The van der Waals surface area contributed by atoms with Crippen molar-refractivity contribution in [1.82, 2.24) is 15.3 Å². The number of aromatic hydroxyl groups is 1. The summed E-state index contributed by atoms with van der Waals surface area (Å²) in [4.78, 5) is 27.7. The Morgan fingerprint density at radius 3 is 2.33 bits per heavy atom. The van der Waals surface area contributed by atoms with Crippen LogP contribution in [0.1, 0.15) is 18.1 Å². The topological polar surface area (TPSA) is 153 Å². The molecule has 7 N–H and O–H groups in total. The molecule has 4 aromatic rings. The van der Waals surface area contributed by atoms with Crippen molar-refractivity contribution in [2.45, 2.75) is 25.8 Å². The van der Waals surface area contributed by atoms with Crippen molar-refractivity contribution in [2.75, 3.05) is 13.7 Å². The lowest BCUT2D eigenvalue weighted by Gasteiger charge is -2.04. The lowest BCUT2D eigenvalue weighted by molar-refractivity contribution is -0.138. The number of rotatable bonds is 7. The van der Waals surface area contributed by atoms with Gasteiger partial charge in [0.15, 0.2) is 0 Å². The zero-order valence-electron chi connectivity index (χ0n) is 18.5. The molecule has 33 heavy (non-hydrogen) atoms. The molecule has 1 amide bonds. The maximum Gasteiger partial charge on any atom is 0.320 e. The first-order chi connectivity index (χ1) is 15.8. The number of phenolic OH excluding ortho intramolecular Hbond substituents is 1. The largest absolute Gasteiger partial charge is 0.508 e. The summed E-state index contributed by atoms with van der Waals surface area (Å²) in [5.74, 6) is -0.0351. The molecule has 1 atom stereocenters. The Morgan fingerprint density at radius 1 is 1.06 bits per heavy atom. The number of nitrogens with two attached hydrogens (primary N) is 1. The second kappa shape index (κ2) is 10.6. The number of carboxylic acid groups (broad SMARTS) is 1. The van der Waals surface area contributed by atoms with Gasteiger partial charge >= 0.3 is 5.97 Å². The van der Waals surface area contributed by atoms with Crippen LogP contribution in [0, 0.1) is 0 Å². The van der Waals surface area contributed by atoms with Crippen molar-refractivity contribution in [3.63, 3.8) is 0 Å². The lowest BCUT2D eigenvalue weighted by Crippen LogP contribution is -2.32. The van der Waals surface area contributed by atoms with Crippen LogP contribution in [0.2, 0.25) is 0 Å². The maximum atomic E-state index is 10.8. The van der Waals surface area contributed by atoms with E-state index < -0.39 is 12.0 Å². The van der Waals surface area contributed by atoms with Gasteiger partial charge in [0, 0.05) is 54.1 Å². The number of hydrogen-bond acceptors (Lipinski definition) is 5. The van der Waals surface area contributed by atoms with E-state index >= 15 is 0 Å². The van der Waals surface area contributed by atoms with Gasteiger partial charge < -0.3 is 36.0 Å². The van der Waals surface area contributed by atoms with Crippen LogP contribution < -0.4 is 15.8 Å². The zero-order valence-corrected chi connectivity index (χ0v) is 18.5. The third-order valence-corrected chi connectivity index (χ3v) is 5.25. The molecule has 9 nitrogen and oxygen atoms in total. The normalized spacial score (nSPS) is 11.6. The second-order valence-electron chi connectivity index (χ2n) is 7.65. The molecule has 0 radical (unpaired) electrons. The number of methoxy groups -OCH3 is 1. The van der Waals surface area contributed by atoms with E-state index in [-0.39, 0.29) is 18.1 Å². The molecule has 0 spiro atoms. The average molecular weight is 453 g/mol. The number of ether oxygens (including phenoxy) is 1. The van der Waals surface area contributed by atoms with Gasteiger partial charge in [0.1, 0.15) is 17.5 Å². The highest BCUT2D eigenvalue weighted by molar-refractivity contribution is 5.86. The number of aromatic amines is 2. The first-order valence-corrected chi connectivity index (χ1v) is 10.4. The smallest absolute Gasteiger partial charge is 0.320 e. The minimum Gasteiger partial charge on any atom is -0.508 e. The summed E-state index contributed by atoms with van der Waals surface area (Å²) in [6.07, 6.45) is 4.74. The summed E-state index contributed by atoms with van der Waals surface area (Å²) in [6.45, 7) is 2.18. The first kappa shape index (κ1) is 23.7. The van der Waals surface area contributed by atoms with E-state index in [2.05, 4.69) is 15.3 Å². The van der Waals surface area contributed by atoms with Crippen LogP contribution in [0.4, 0.5) is 0 Å². The molecule has 0 bridgehead atoms. The highest BCUT2D eigenvalue weighted by Gasteiger charge is 2.15. The molecule has 0 saturated carbocycles. The number of nitrogens with one attached hydrogen (secondary N) is 3. The van der Waals surface area contributed by atoms with Crippen molar-refractivity contribution in [3.8, 4) is 11.5 Å². The van der Waals surface area contributed by atoms with Crippen molar-refractivity contribution in [3.05, 3.63) is 59.9 Å². The van der Waals surface area contributed by atoms with Crippen LogP contribution >= 0.6 is 0 Å². The van der Waals surface area contributed by atoms with E-state index in [0.29, 0.717) is 6.54 Å². The van der Waals surface area contributed by atoms with Crippen LogP contribution in [0.3, 0.4) is 0 Å². The monoisotopic (exact) mass is 452 g/mol. The number of aromatic nitrogens is 2. The van der Waals surface area contributed by atoms with Crippen LogP contribution in [-0.2, 0) is 22.4 Å². The number of benzene rings is 2. The SMILES string of the molecule is COc1ccc2[nH]cc(CCNC(C)=O)c2c1.N[C@@H](Cc1c[nH]c2ccc(O)cc12)C(=O)O. The van der Waals surface area contributed by atoms with E-state index in [1.807, 2.05) is 24.4 Å². The van der Waals surface area contributed by atoms with Crippen molar-refractivity contribution in [1.29, 1.82) is 0 Å². The Kier molecular flexibility index (Phi) is 7.57. The van der Waals surface area contributed by atoms with E-state index in [1.54, 1.807) is 31.5 Å². The number of phenols is 1. The third kappa shape index (κ3) is 6.05. The summed E-state index contributed by atoms with van der Waals surface area (Å²) in [6, 6.07) is 9.90. The minimum absolute atomic E-state index is 0.00224. The molecule has 0 aliphatic carbocycles. The van der Waals surface area contributed by atoms with E-state index in [0.717, 1.165) is 39.5 Å². The van der Waals surface area contributed by atoms with Gasteiger partial charge in [0.2, 0.25) is 5.91 Å². The van der Waals surface area contributed by atoms with Crippen LogP contribution in [0.5, 0.6) is 11.5 Å². The van der Waals surface area contributed by atoms with Crippen molar-refractivity contribution >= 4 is 33.7 Å². The molecular weight excluding hydrogens is 424 g/mol. The summed E-state index contributed by atoms with van der Waals surface area (Å²) in [5.41, 5.74) is 9.38. The van der Waals surface area contributed by atoms with Gasteiger partial charge in [-0.2, -0.15) is 0 Å². The van der Waals surface area contributed by atoms with Crippen LogP contribution in [0.25, 0.3) is 21.8 Å². The van der Waals surface area contributed by atoms with Crippen LogP contribution in [-0.4, -0.2) is 51.8 Å². The fourth-order valence-corrected chi connectivity index (χ4v) is 3.52. The predicted octanol–water partition coefficient (Wildman–Crippen LogP) is 2.68. The molecular formula is C24H28N4O5. The molecule has 0 saturated heterocycles. The van der Waals surface area contributed by atoms with Gasteiger partial charge in [-0.3, -0.25) is 9.59 Å². The van der Waals surface area contributed by atoms with Crippen molar-refractivity contribution < 1.29 is 24.5 Å². The maximum absolute atomic E-state index is 10.8. The van der Waals surface area contributed by atoms with Gasteiger partial charge in [-0.15, -0.1) is 0 Å². The number of fused-ring (bicyclic) bond motifs is 2. The molecule has 2 heterocycles. The summed E-state index contributed by atoms with van der Waals surface area (Å²) < 4.78 is 5.21. The number of H-pyrrole nitrogens is 2. The van der Waals surface area contributed by atoms with Gasteiger partial charge in [0.05, 0.1) is 7.11 Å². The second-order valence-corrected chi connectivity index (χ2v) is 7.65. The number of carbonyl (C=O) groups excluding carboxylic acids is 1. The van der Waals surface area contributed by atoms with E-state index in [9.17, 15) is 14.7 Å². The summed E-state index contributed by atoms with van der Waals surface area (Å²) >= 11 is 0. The van der Waals surface area contributed by atoms with E-state index in [1.165, 1.54) is 12.5 Å². The number of hydrogen-bond donors (Lipinski definition) is 6. The molecule has 0 unspecified atom stereocenters. The Morgan fingerprint density at radius 2 is 1.70 bits per heavy atom.